The van der Waals surface area contributed by atoms with Gasteiger partial charge in [0.25, 0.3) is 5.91 Å². The molecule has 1 N–H and O–H groups in total. The average Bonchev–Trinajstić information content (AvgIpc) is 2.75. The summed E-state index contributed by atoms with van der Waals surface area (Å²) in [7, 11) is 1.60. The van der Waals surface area contributed by atoms with Gasteiger partial charge in [-0.15, -0.1) is 0 Å². The quantitative estimate of drug-likeness (QED) is 0.802. The Balaban J connectivity index is 2.27. The van der Waals surface area contributed by atoms with E-state index in [2.05, 4.69) is 10.4 Å². The lowest BCUT2D eigenvalue weighted by Crippen LogP contribution is -2.28. The van der Waals surface area contributed by atoms with E-state index < -0.39 is 0 Å². The van der Waals surface area contributed by atoms with Gasteiger partial charge in [-0.1, -0.05) is 0 Å². The molecule has 0 atom stereocenters. The predicted octanol–water partition coefficient (Wildman–Crippen LogP) is 1.02. The van der Waals surface area contributed by atoms with Crippen molar-refractivity contribution < 1.29 is 9.53 Å². The first-order chi connectivity index (χ1) is 8.22. The van der Waals surface area contributed by atoms with Crippen LogP contribution in [0.4, 0.5) is 0 Å². The molecule has 90 valence electrons. The molecule has 0 aliphatic rings. The highest BCUT2D eigenvalue weighted by molar-refractivity contribution is 5.93. The summed E-state index contributed by atoms with van der Waals surface area (Å²) < 4.78 is 6.52. The molecule has 0 aliphatic heterocycles. The van der Waals surface area contributed by atoms with Crippen molar-refractivity contribution in [2.45, 2.75) is 6.92 Å². The molecular weight excluding hydrogens is 218 g/mol. The highest BCUT2D eigenvalue weighted by Crippen LogP contribution is 2.10. The third kappa shape index (κ3) is 2.45. The fourth-order valence-electron chi connectivity index (χ4n) is 1.69. The lowest BCUT2D eigenvalue weighted by Gasteiger charge is -2.07. The molecule has 0 bridgehead atoms. The molecule has 2 heterocycles. The Morgan fingerprint density at radius 2 is 2.35 bits per heavy atom. The third-order valence-corrected chi connectivity index (χ3v) is 2.46. The first-order valence-electron chi connectivity index (χ1n) is 5.44. The number of hydrogen-bond acceptors (Lipinski definition) is 3. The van der Waals surface area contributed by atoms with Crippen molar-refractivity contribution in [3.05, 3.63) is 35.7 Å². The number of aromatic nitrogens is 2. The number of aryl methyl sites for hydroxylation is 1. The van der Waals surface area contributed by atoms with Crippen LogP contribution in [0.5, 0.6) is 0 Å². The predicted molar refractivity (Wildman–Crippen MR) is 64.1 cm³/mol. The normalized spacial score (nSPS) is 10.7. The van der Waals surface area contributed by atoms with Gasteiger partial charge < -0.3 is 10.1 Å². The third-order valence-electron chi connectivity index (χ3n) is 2.46. The van der Waals surface area contributed by atoms with Crippen LogP contribution >= 0.6 is 0 Å². The van der Waals surface area contributed by atoms with E-state index in [1.165, 1.54) is 0 Å². The molecule has 0 radical (unpaired) electrons. The number of methoxy groups -OCH3 is 1. The van der Waals surface area contributed by atoms with Crippen molar-refractivity contribution in [2.24, 2.45) is 0 Å². The minimum Gasteiger partial charge on any atom is -0.383 e. The van der Waals surface area contributed by atoms with Crippen LogP contribution in [-0.2, 0) is 4.74 Å². The molecule has 17 heavy (non-hydrogen) atoms. The number of amides is 1. The van der Waals surface area contributed by atoms with Gasteiger partial charge in [0.2, 0.25) is 0 Å². The summed E-state index contributed by atoms with van der Waals surface area (Å²) in [5.74, 6) is -0.139. The molecule has 0 unspecified atom stereocenters. The fraction of sp³-hybridized carbons (Fsp3) is 0.333. The van der Waals surface area contributed by atoms with Crippen LogP contribution in [0.2, 0.25) is 0 Å². The van der Waals surface area contributed by atoms with Gasteiger partial charge in [-0.25, -0.2) is 4.52 Å². The molecule has 5 nitrogen and oxygen atoms in total. The topological polar surface area (TPSA) is 55.6 Å². The number of hydrogen-bond donors (Lipinski definition) is 1. The molecule has 2 aromatic heterocycles. The second kappa shape index (κ2) is 4.97. The van der Waals surface area contributed by atoms with Crippen molar-refractivity contribution in [2.75, 3.05) is 20.3 Å². The van der Waals surface area contributed by atoms with Gasteiger partial charge in [0.15, 0.2) is 0 Å². The van der Waals surface area contributed by atoms with Crippen LogP contribution in [0.3, 0.4) is 0 Å². The van der Waals surface area contributed by atoms with Gasteiger partial charge in [0.05, 0.1) is 18.3 Å². The summed E-state index contributed by atoms with van der Waals surface area (Å²) in [5.41, 5.74) is 2.50. The molecule has 2 rings (SSSR count). The first-order valence-corrected chi connectivity index (χ1v) is 5.44. The molecule has 1 amide bonds. The Kier molecular flexibility index (Phi) is 3.39. The van der Waals surface area contributed by atoms with Crippen LogP contribution in [-0.4, -0.2) is 35.8 Å². The van der Waals surface area contributed by atoms with E-state index in [0.29, 0.717) is 18.8 Å². The number of pyridine rings is 1. The molecule has 0 saturated heterocycles. The summed E-state index contributed by atoms with van der Waals surface area (Å²) in [6.45, 7) is 2.95. The summed E-state index contributed by atoms with van der Waals surface area (Å²) in [6.07, 6.45) is 1.68. The van der Waals surface area contributed by atoms with Crippen LogP contribution in [0.1, 0.15) is 16.1 Å². The van der Waals surface area contributed by atoms with Crippen molar-refractivity contribution >= 4 is 11.4 Å². The Morgan fingerprint density at radius 1 is 1.53 bits per heavy atom. The molecule has 0 saturated carbocycles. The van der Waals surface area contributed by atoms with Crippen molar-refractivity contribution in [1.82, 2.24) is 14.9 Å². The molecule has 0 fully saturated rings. The van der Waals surface area contributed by atoms with E-state index >= 15 is 0 Å². The smallest absolute Gasteiger partial charge is 0.270 e. The summed E-state index contributed by atoms with van der Waals surface area (Å²) >= 11 is 0. The van der Waals surface area contributed by atoms with E-state index in [9.17, 15) is 4.79 Å². The Bertz CT molecular complexity index is 534. The SMILES string of the molecule is COCCNC(=O)c1cc(C)cc2ccnn12. The fourth-order valence-corrected chi connectivity index (χ4v) is 1.69. The maximum atomic E-state index is 12.0. The van der Waals surface area contributed by atoms with Gasteiger partial charge in [0.1, 0.15) is 5.69 Å². The van der Waals surface area contributed by atoms with Crippen LogP contribution in [0, 0.1) is 6.92 Å². The molecule has 0 spiro atoms. The molecule has 0 aliphatic carbocycles. The number of ether oxygens (including phenoxy) is 1. The summed E-state index contributed by atoms with van der Waals surface area (Å²) in [5, 5.41) is 6.92. The van der Waals surface area contributed by atoms with Gasteiger partial charge in [0, 0.05) is 13.7 Å². The van der Waals surface area contributed by atoms with Crippen LogP contribution in [0.25, 0.3) is 5.52 Å². The molecule has 0 aromatic carbocycles. The zero-order chi connectivity index (χ0) is 12.3. The average molecular weight is 233 g/mol. The van der Waals surface area contributed by atoms with E-state index in [1.54, 1.807) is 17.8 Å². The van der Waals surface area contributed by atoms with Crippen molar-refractivity contribution in [1.29, 1.82) is 0 Å². The minimum atomic E-state index is -0.139. The van der Waals surface area contributed by atoms with Gasteiger partial charge >= 0.3 is 0 Å². The molecule has 2 aromatic rings. The van der Waals surface area contributed by atoms with Gasteiger partial charge in [-0.2, -0.15) is 5.10 Å². The lowest BCUT2D eigenvalue weighted by molar-refractivity contribution is 0.0929. The maximum Gasteiger partial charge on any atom is 0.270 e. The number of nitrogens with zero attached hydrogens (tertiary/aromatic N) is 2. The van der Waals surface area contributed by atoms with Gasteiger partial charge in [-0.3, -0.25) is 4.79 Å². The summed E-state index contributed by atoms with van der Waals surface area (Å²) in [6, 6.07) is 5.68. The van der Waals surface area contributed by atoms with E-state index in [0.717, 1.165) is 11.1 Å². The van der Waals surface area contributed by atoms with E-state index in [4.69, 9.17) is 4.74 Å². The first kappa shape index (κ1) is 11.6. The number of carbonyl (C=O) groups is 1. The maximum absolute atomic E-state index is 12.0. The largest absolute Gasteiger partial charge is 0.383 e. The Hall–Kier alpha value is -1.88. The van der Waals surface area contributed by atoms with Crippen molar-refractivity contribution in [3.8, 4) is 0 Å². The highest BCUT2D eigenvalue weighted by Gasteiger charge is 2.10. The molecular formula is C12H15N3O2. The monoisotopic (exact) mass is 233 g/mol. The van der Waals surface area contributed by atoms with Crippen molar-refractivity contribution in [3.63, 3.8) is 0 Å². The molecule has 5 heteroatoms. The minimum absolute atomic E-state index is 0.139. The van der Waals surface area contributed by atoms with E-state index in [-0.39, 0.29) is 5.91 Å². The standard InChI is InChI=1S/C12H15N3O2/c1-9-7-10-3-4-14-15(10)11(8-9)12(16)13-5-6-17-2/h3-4,7-8H,5-6H2,1-2H3,(H,13,16). The number of rotatable bonds is 4. The van der Waals surface area contributed by atoms with Crippen LogP contribution < -0.4 is 5.32 Å². The highest BCUT2D eigenvalue weighted by atomic mass is 16.5. The number of fused-ring (bicyclic) bond motifs is 1. The Labute approximate surface area is 99.4 Å². The lowest BCUT2D eigenvalue weighted by atomic mass is 10.2. The Morgan fingerprint density at radius 3 is 3.12 bits per heavy atom. The second-order valence-corrected chi connectivity index (χ2v) is 3.83. The zero-order valence-corrected chi connectivity index (χ0v) is 9.93. The second-order valence-electron chi connectivity index (χ2n) is 3.83. The van der Waals surface area contributed by atoms with Gasteiger partial charge in [-0.05, 0) is 30.7 Å². The van der Waals surface area contributed by atoms with E-state index in [1.807, 2.05) is 25.1 Å². The number of nitrogens with one attached hydrogen (secondary N) is 1. The van der Waals surface area contributed by atoms with Crippen LogP contribution in [0.15, 0.2) is 24.4 Å². The summed E-state index contributed by atoms with van der Waals surface area (Å²) in [4.78, 5) is 12.0. The zero-order valence-electron chi connectivity index (χ0n) is 9.93. The number of carbonyl (C=O) groups excluding carboxylic acids is 1.